The first kappa shape index (κ1) is 25.1. The van der Waals surface area contributed by atoms with Gasteiger partial charge in [0.1, 0.15) is 12.1 Å². The molecule has 3 heterocycles. The third-order valence-electron chi connectivity index (χ3n) is 5.55. The minimum Gasteiger partial charge on any atom is -0.610 e. The molecule has 2 aromatic heterocycles. The van der Waals surface area contributed by atoms with Crippen molar-refractivity contribution in [2.24, 2.45) is 0 Å². The van der Waals surface area contributed by atoms with Gasteiger partial charge in [-0.05, 0) is 24.7 Å². The van der Waals surface area contributed by atoms with Crippen molar-refractivity contribution in [3.05, 3.63) is 41.9 Å². The average Bonchev–Trinajstić information content (AvgIpc) is 2.83. The molecule has 0 aliphatic carbocycles. The van der Waals surface area contributed by atoms with E-state index in [9.17, 15) is 17.7 Å². The number of likely N-dealkylation sites (N-methyl/N-ethyl adjacent to an activating group) is 1. The molecule has 1 saturated heterocycles. The van der Waals surface area contributed by atoms with Crippen molar-refractivity contribution in [1.29, 1.82) is 0 Å². The van der Waals surface area contributed by atoms with Crippen molar-refractivity contribution in [3.63, 3.8) is 0 Å². The van der Waals surface area contributed by atoms with Crippen molar-refractivity contribution in [2.45, 2.75) is 24.5 Å². The highest BCUT2D eigenvalue weighted by Gasteiger charge is 2.30. The Morgan fingerprint density at radius 3 is 2.29 bits per heavy atom. The summed E-state index contributed by atoms with van der Waals surface area (Å²) in [7, 11) is 2.07. The fourth-order valence-electron chi connectivity index (χ4n) is 3.55. The van der Waals surface area contributed by atoms with E-state index in [1.54, 1.807) is 0 Å². The lowest BCUT2D eigenvalue weighted by molar-refractivity contribution is -0.137. The van der Waals surface area contributed by atoms with Crippen LogP contribution in [-0.2, 0) is 23.8 Å². The molecule has 1 aliphatic rings. The number of anilines is 3. The molecule has 9 nitrogen and oxygen atoms in total. The Morgan fingerprint density at radius 2 is 1.69 bits per heavy atom. The predicted molar refractivity (Wildman–Crippen MR) is 127 cm³/mol. The molecular formula is C22H25F3N8OS. The average molecular weight is 507 g/mol. The van der Waals surface area contributed by atoms with Gasteiger partial charge in [0.05, 0.1) is 11.1 Å². The first-order chi connectivity index (χ1) is 16.6. The predicted octanol–water partition coefficient (Wildman–Crippen LogP) is 3.14. The number of benzene rings is 1. The van der Waals surface area contributed by atoms with Gasteiger partial charge in [0.15, 0.2) is 0 Å². The molecule has 0 radical (unpaired) electrons. The number of piperazine rings is 1. The number of aryl methyl sites for hydroxylation is 1. The molecule has 1 atom stereocenters. The Morgan fingerprint density at radius 1 is 1.00 bits per heavy atom. The van der Waals surface area contributed by atoms with Crippen LogP contribution in [0.15, 0.2) is 35.5 Å². The fourth-order valence-corrected chi connectivity index (χ4v) is 4.25. The molecule has 35 heavy (non-hydrogen) atoms. The van der Waals surface area contributed by atoms with Crippen LogP contribution in [0.25, 0.3) is 11.1 Å². The minimum atomic E-state index is -4.44. The van der Waals surface area contributed by atoms with E-state index in [4.69, 9.17) is 0 Å². The number of rotatable bonds is 6. The number of hydrogen-bond acceptors (Lipinski definition) is 9. The maximum absolute atomic E-state index is 12.9. The first-order valence-corrected chi connectivity index (χ1v) is 12.5. The van der Waals surface area contributed by atoms with Crippen molar-refractivity contribution in [1.82, 2.24) is 29.8 Å². The third kappa shape index (κ3) is 5.97. The van der Waals surface area contributed by atoms with Gasteiger partial charge in [0.2, 0.25) is 17.8 Å². The van der Waals surface area contributed by atoms with Gasteiger partial charge in [-0.15, -0.1) is 0 Å². The SMILES string of the molecule is CCc1nc(Nc2ncc(-c3ccc(C(F)(F)F)cc3)c([S+](C)[O-])n2)nc(N2CCN(C)CC2)n1. The van der Waals surface area contributed by atoms with E-state index in [1.165, 1.54) is 24.6 Å². The van der Waals surface area contributed by atoms with Gasteiger partial charge in [-0.2, -0.15) is 33.1 Å². The second-order valence-corrected chi connectivity index (χ2v) is 9.38. The molecule has 0 spiro atoms. The number of alkyl halides is 3. The quantitative estimate of drug-likeness (QED) is 0.399. The van der Waals surface area contributed by atoms with Gasteiger partial charge in [0.25, 0.3) is 5.03 Å². The third-order valence-corrected chi connectivity index (χ3v) is 6.40. The summed E-state index contributed by atoms with van der Waals surface area (Å²) in [5.41, 5.74) is 0.0472. The van der Waals surface area contributed by atoms with Crippen LogP contribution in [0.4, 0.5) is 31.0 Å². The van der Waals surface area contributed by atoms with Crippen LogP contribution in [0, 0.1) is 0 Å². The topological polar surface area (TPSA) is 106 Å². The zero-order valence-corrected chi connectivity index (χ0v) is 20.3. The zero-order chi connectivity index (χ0) is 25.2. The molecule has 1 fully saturated rings. The Balaban J connectivity index is 1.61. The highest BCUT2D eigenvalue weighted by Crippen LogP contribution is 2.32. The van der Waals surface area contributed by atoms with E-state index in [0.29, 0.717) is 29.3 Å². The van der Waals surface area contributed by atoms with E-state index < -0.39 is 22.9 Å². The van der Waals surface area contributed by atoms with Crippen molar-refractivity contribution in [2.75, 3.05) is 49.7 Å². The second kappa shape index (κ2) is 10.3. The van der Waals surface area contributed by atoms with Crippen molar-refractivity contribution >= 4 is 29.0 Å². The van der Waals surface area contributed by atoms with Crippen molar-refractivity contribution in [3.8, 4) is 11.1 Å². The Kier molecular flexibility index (Phi) is 7.38. The normalized spacial score (nSPS) is 15.8. The Labute approximate surface area is 204 Å². The van der Waals surface area contributed by atoms with Crippen molar-refractivity contribution < 1.29 is 17.7 Å². The molecule has 186 valence electrons. The first-order valence-electron chi connectivity index (χ1n) is 11.0. The summed E-state index contributed by atoms with van der Waals surface area (Å²) in [5, 5.41) is 3.15. The summed E-state index contributed by atoms with van der Waals surface area (Å²) in [6.45, 7) is 5.33. The summed E-state index contributed by atoms with van der Waals surface area (Å²) in [6.07, 6.45) is -0.957. The molecule has 1 aliphatic heterocycles. The summed E-state index contributed by atoms with van der Waals surface area (Å²) >= 11 is -1.53. The maximum atomic E-state index is 12.9. The summed E-state index contributed by atoms with van der Waals surface area (Å²) in [5.74, 6) is 1.56. The maximum Gasteiger partial charge on any atom is 0.416 e. The highest BCUT2D eigenvalue weighted by atomic mass is 32.2. The van der Waals surface area contributed by atoms with Gasteiger partial charge >= 0.3 is 6.18 Å². The zero-order valence-electron chi connectivity index (χ0n) is 19.5. The van der Waals surface area contributed by atoms with E-state index in [2.05, 4.69) is 47.1 Å². The summed E-state index contributed by atoms with van der Waals surface area (Å²) in [4.78, 5) is 26.4. The van der Waals surface area contributed by atoms with E-state index in [1.807, 2.05) is 6.92 Å². The fraction of sp³-hybridized carbons (Fsp3) is 0.409. The highest BCUT2D eigenvalue weighted by molar-refractivity contribution is 7.90. The molecule has 0 amide bonds. The monoisotopic (exact) mass is 506 g/mol. The van der Waals surface area contributed by atoms with Crippen LogP contribution in [0.3, 0.4) is 0 Å². The molecule has 13 heteroatoms. The standard InChI is InChI=1S/C22H25F3N8OS/c1-4-17-27-20(31-21(28-17)33-11-9-32(2)10-12-33)30-19-26-13-16(18(29-19)35(3)34)14-5-7-15(8-6-14)22(23,24)25/h5-8,13H,4,9-12H2,1-3H3,(H,26,27,28,29,30,31). The van der Waals surface area contributed by atoms with Crippen LogP contribution in [0.5, 0.6) is 0 Å². The van der Waals surface area contributed by atoms with Crippen LogP contribution in [0.1, 0.15) is 18.3 Å². The minimum absolute atomic E-state index is 0.128. The molecule has 1 N–H and O–H groups in total. The lowest BCUT2D eigenvalue weighted by atomic mass is 10.1. The largest absolute Gasteiger partial charge is 0.610 e. The number of nitrogens with zero attached hydrogens (tertiary/aromatic N) is 7. The van der Waals surface area contributed by atoms with Crippen LogP contribution in [0.2, 0.25) is 0 Å². The van der Waals surface area contributed by atoms with E-state index >= 15 is 0 Å². The number of aromatic nitrogens is 5. The molecule has 1 aromatic carbocycles. The number of nitrogens with one attached hydrogen (secondary N) is 1. The Bertz CT molecular complexity index is 1170. The van der Waals surface area contributed by atoms with Gasteiger partial charge in [-0.3, -0.25) is 5.32 Å². The second-order valence-electron chi connectivity index (χ2n) is 8.09. The van der Waals surface area contributed by atoms with E-state index in [-0.39, 0.29) is 16.9 Å². The lowest BCUT2D eigenvalue weighted by Gasteiger charge is -2.32. The van der Waals surface area contributed by atoms with Gasteiger partial charge < -0.3 is 14.4 Å². The smallest absolute Gasteiger partial charge is 0.416 e. The van der Waals surface area contributed by atoms with Gasteiger partial charge in [-0.25, -0.2) is 4.98 Å². The molecule has 4 rings (SSSR count). The lowest BCUT2D eigenvalue weighted by Crippen LogP contribution is -2.45. The van der Waals surface area contributed by atoms with Gasteiger partial charge in [0, 0.05) is 50.0 Å². The summed E-state index contributed by atoms with van der Waals surface area (Å²) in [6, 6.07) is 4.57. The number of hydrogen-bond donors (Lipinski definition) is 1. The van der Waals surface area contributed by atoms with Crippen LogP contribution < -0.4 is 10.2 Å². The molecular weight excluding hydrogens is 481 g/mol. The van der Waals surface area contributed by atoms with E-state index in [0.717, 1.165) is 38.3 Å². The Hall–Kier alpha value is -3.03. The number of halogens is 3. The van der Waals surface area contributed by atoms with Crippen LogP contribution >= 0.6 is 0 Å². The van der Waals surface area contributed by atoms with Crippen LogP contribution in [-0.4, -0.2) is 73.9 Å². The molecule has 0 bridgehead atoms. The summed E-state index contributed by atoms with van der Waals surface area (Å²) < 4.78 is 51.1. The van der Waals surface area contributed by atoms with Gasteiger partial charge in [-0.1, -0.05) is 19.1 Å². The molecule has 1 unspecified atom stereocenters. The molecule has 3 aromatic rings. The molecule has 0 saturated carbocycles.